The van der Waals surface area contributed by atoms with Crippen LogP contribution in [-0.4, -0.2) is 37.2 Å². The second-order valence-electron chi connectivity index (χ2n) is 6.28. The zero-order valence-electron chi connectivity index (χ0n) is 13.7. The summed E-state index contributed by atoms with van der Waals surface area (Å²) in [6.45, 7) is 8.88. The molecule has 1 amide bonds. The molecule has 1 aliphatic rings. The lowest BCUT2D eigenvalue weighted by Gasteiger charge is -2.50. The number of esters is 1. The van der Waals surface area contributed by atoms with Gasteiger partial charge in [0.15, 0.2) is 0 Å². The Balaban J connectivity index is 2.26. The number of ether oxygens (including phenoxy) is 2. The molecular weight excluding hydrogens is 270 g/mol. The first-order valence-corrected chi connectivity index (χ1v) is 7.99. The Bertz CT molecular complexity index is 354. The van der Waals surface area contributed by atoms with Crippen LogP contribution in [0.15, 0.2) is 0 Å². The van der Waals surface area contributed by atoms with Crippen LogP contribution in [0.25, 0.3) is 0 Å². The lowest BCUT2D eigenvalue weighted by molar-refractivity contribution is -0.202. The fourth-order valence-corrected chi connectivity index (χ4v) is 2.39. The first-order valence-electron chi connectivity index (χ1n) is 7.99. The Morgan fingerprint density at radius 3 is 2.48 bits per heavy atom. The van der Waals surface area contributed by atoms with Crippen LogP contribution in [0, 0.1) is 5.41 Å². The molecule has 1 rings (SSSR count). The van der Waals surface area contributed by atoms with Crippen LogP contribution >= 0.6 is 0 Å². The van der Waals surface area contributed by atoms with E-state index < -0.39 is 0 Å². The van der Waals surface area contributed by atoms with Gasteiger partial charge in [-0.1, -0.05) is 34.1 Å². The first kappa shape index (κ1) is 18.0. The van der Waals surface area contributed by atoms with Crippen molar-refractivity contribution in [2.75, 3.05) is 13.2 Å². The van der Waals surface area contributed by atoms with Crippen LogP contribution < -0.4 is 5.32 Å². The summed E-state index contributed by atoms with van der Waals surface area (Å²) < 4.78 is 11.2. The topological polar surface area (TPSA) is 64.6 Å². The quantitative estimate of drug-likeness (QED) is 0.524. The number of hydrogen-bond donors (Lipinski definition) is 1. The zero-order chi connectivity index (χ0) is 15.9. The molecule has 0 aromatic rings. The number of hydrogen-bond acceptors (Lipinski definition) is 4. The molecule has 122 valence electrons. The van der Waals surface area contributed by atoms with E-state index in [1.54, 1.807) is 0 Å². The number of unbranched alkanes of at least 4 members (excludes halogenated alkanes) is 1. The van der Waals surface area contributed by atoms with Crippen molar-refractivity contribution in [2.45, 2.75) is 72.0 Å². The lowest BCUT2D eigenvalue weighted by atomic mass is 9.66. The van der Waals surface area contributed by atoms with Crippen molar-refractivity contribution in [3.63, 3.8) is 0 Å². The Morgan fingerprint density at radius 1 is 1.19 bits per heavy atom. The van der Waals surface area contributed by atoms with Gasteiger partial charge < -0.3 is 14.8 Å². The standard InChI is InChI=1S/C16H29NO4/c1-5-7-9-20-12-10-13(16(12,3)4)21-15(19)11-17-14(18)8-6-2/h12-13H,5-11H2,1-4H3,(H,17,18)/t12-,13+/m1/s1. The second-order valence-corrected chi connectivity index (χ2v) is 6.28. The molecule has 1 aliphatic carbocycles. The molecule has 5 nitrogen and oxygen atoms in total. The Morgan fingerprint density at radius 2 is 1.90 bits per heavy atom. The van der Waals surface area contributed by atoms with Crippen molar-refractivity contribution >= 4 is 11.9 Å². The minimum Gasteiger partial charge on any atom is -0.460 e. The average Bonchev–Trinajstić information content (AvgIpc) is 2.43. The highest BCUT2D eigenvalue weighted by atomic mass is 16.6. The van der Waals surface area contributed by atoms with Gasteiger partial charge in [0, 0.05) is 24.9 Å². The maximum Gasteiger partial charge on any atom is 0.325 e. The zero-order valence-corrected chi connectivity index (χ0v) is 13.7. The third-order valence-corrected chi connectivity index (χ3v) is 4.09. The molecule has 1 saturated carbocycles. The molecule has 2 atom stereocenters. The van der Waals surface area contributed by atoms with Gasteiger partial charge in [0.05, 0.1) is 6.10 Å². The minimum absolute atomic E-state index is 0.0488. The molecule has 0 unspecified atom stereocenters. The highest BCUT2D eigenvalue weighted by Gasteiger charge is 2.51. The third-order valence-electron chi connectivity index (χ3n) is 4.09. The van der Waals surface area contributed by atoms with Crippen LogP contribution in [0.3, 0.4) is 0 Å². The Labute approximate surface area is 127 Å². The summed E-state index contributed by atoms with van der Waals surface area (Å²) in [5.41, 5.74) is -0.156. The van der Waals surface area contributed by atoms with Crippen LogP contribution in [-0.2, 0) is 19.1 Å². The third kappa shape index (κ3) is 5.30. The molecule has 21 heavy (non-hydrogen) atoms. The second kappa shape index (κ2) is 8.37. The van der Waals surface area contributed by atoms with Gasteiger partial charge in [-0.05, 0) is 12.8 Å². The number of nitrogens with one attached hydrogen (secondary N) is 1. The summed E-state index contributed by atoms with van der Waals surface area (Å²) in [7, 11) is 0. The fourth-order valence-electron chi connectivity index (χ4n) is 2.39. The van der Waals surface area contributed by atoms with E-state index in [-0.39, 0.29) is 36.0 Å². The number of carbonyl (C=O) groups is 2. The molecule has 0 radical (unpaired) electrons. The Kier molecular flexibility index (Phi) is 7.15. The first-order chi connectivity index (χ1) is 9.91. The largest absolute Gasteiger partial charge is 0.460 e. The molecule has 0 spiro atoms. The summed E-state index contributed by atoms with van der Waals surface area (Å²) in [4.78, 5) is 23.0. The molecule has 1 fully saturated rings. The lowest BCUT2D eigenvalue weighted by Crippen LogP contribution is -2.57. The summed E-state index contributed by atoms with van der Waals surface area (Å²) in [5.74, 6) is -0.479. The summed E-state index contributed by atoms with van der Waals surface area (Å²) in [6.07, 6.45) is 4.15. The minimum atomic E-state index is -0.371. The smallest absolute Gasteiger partial charge is 0.325 e. The van der Waals surface area contributed by atoms with Crippen LogP contribution in [0.2, 0.25) is 0 Å². The van der Waals surface area contributed by atoms with E-state index in [9.17, 15) is 9.59 Å². The van der Waals surface area contributed by atoms with Gasteiger partial charge in [-0.25, -0.2) is 0 Å². The molecule has 0 bridgehead atoms. The molecule has 0 aromatic carbocycles. The van der Waals surface area contributed by atoms with Gasteiger partial charge in [-0.2, -0.15) is 0 Å². The molecular formula is C16H29NO4. The molecule has 0 heterocycles. The Hall–Kier alpha value is -1.10. The molecule has 0 aliphatic heterocycles. The summed E-state index contributed by atoms with van der Waals surface area (Å²) >= 11 is 0. The molecule has 0 saturated heterocycles. The number of rotatable bonds is 9. The van der Waals surface area contributed by atoms with Gasteiger partial charge in [0.25, 0.3) is 0 Å². The van der Waals surface area contributed by atoms with Crippen molar-refractivity contribution in [1.82, 2.24) is 5.32 Å². The average molecular weight is 299 g/mol. The normalized spacial score (nSPS) is 23.2. The van der Waals surface area contributed by atoms with Gasteiger partial charge in [-0.3, -0.25) is 9.59 Å². The summed E-state index contributed by atoms with van der Waals surface area (Å²) in [5, 5.41) is 2.57. The fraction of sp³-hybridized carbons (Fsp3) is 0.875. The van der Waals surface area contributed by atoms with Crippen molar-refractivity contribution in [2.24, 2.45) is 5.41 Å². The predicted molar refractivity (Wildman–Crippen MR) is 80.8 cm³/mol. The predicted octanol–water partition coefficient (Wildman–Crippen LogP) is 2.43. The van der Waals surface area contributed by atoms with E-state index in [2.05, 4.69) is 26.1 Å². The molecule has 0 aromatic heterocycles. The van der Waals surface area contributed by atoms with Gasteiger partial charge >= 0.3 is 5.97 Å². The van der Waals surface area contributed by atoms with Crippen LogP contribution in [0.1, 0.15) is 59.8 Å². The summed E-state index contributed by atoms with van der Waals surface area (Å²) in [6, 6.07) is 0. The van der Waals surface area contributed by atoms with Gasteiger partial charge in [0.1, 0.15) is 12.6 Å². The van der Waals surface area contributed by atoms with E-state index in [0.29, 0.717) is 6.42 Å². The van der Waals surface area contributed by atoms with E-state index in [1.165, 1.54) is 0 Å². The maximum atomic E-state index is 11.7. The van der Waals surface area contributed by atoms with Crippen molar-refractivity contribution in [3.8, 4) is 0 Å². The van der Waals surface area contributed by atoms with E-state index in [0.717, 1.165) is 32.3 Å². The van der Waals surface area contributed by atoms with E-state index >= 15 is 0 Å². The number of carbonyl (C=O) groups excluding carboxylic acids is 2. The van der Waals surface area contributed by atoms with Crippen molar-refractivity contribution in [3.05, 3.63) is 0 Å². The van der Waals surface area contributed by atoms with Crippen molar-refractivity contribution < 1.29 is 19.1 Å². The number of amides is 1. The highest BCUT2D eigenvalue weighted by Crippen LogP contribution is 2.44. The van der Waals surface area contributed by atoms with Gasteiger partial charge in [-0.15, -0.1) is 0 Å². The molecule has 5 heteroatoms. The van der Waals surface area contributed by atoms with Crippen molar-refractivity contribution in [1.29, 1.82) is 0 Å². The van der Waals surface area contributed by atoms with Crippen LogP contribution in [0.4, 0.5) is 0 Å². The van der Waals surface area contributed by atoms with E-state index in [4.69, 9.17) is 9.47 Å². The van der Waals surface area contributed by atoms with Crippen LogP contribution in [0.5, 0.6) is 0 Å². The SMILES string of the molecule is CCCCO[C@@H]1C[C@H](OC(=O)CNC(=O)CCC)C1(C)C. The van der Waals surface area contributed by atoms with E-state index in [1.807, 2.05) is 6.92 Å². The maximum absolute atomic E-state index is 11.7. The highest BCUT2D eigenvalue weighted by molar-refractivity contribution is 5.81. The molecule has 1 N–H and O–H groups in total. The van der Waals surface area contributed by atoms with Gasteiger partial charge in [0.2, 0.25) is 5.91 Å². The monoisotopic (exact) mass is 299 g/mol.